The van der Waals surface area contributed by atoms with Gasteiger partial charge in [-0.2, -0.15) is 5.26 Å². The van der Waals surface area contributed by atoms with Crippen LogP contribution < -0.4 is 15.4 Å². The van der Waals surface area contributed by atoms with Gasteiger partial charge >= 0.3 is 0 Å². The van der Waals surface area contributed by atoms with Crippen LogP contribution in [0.4, 0.5) is 17.1 Å². The number of hydrogen-bond donors (Lipinski definition) is 3. The van der Waals surface area contributed by atoms with Gasteiger partial charge in [0.05, 0.1) is 29.5 Å². The lowest BCUT2D eigenvalue weighted by atomic mass is 10.2. The summed E-state index contributed by atoms with van der Waals surface area (Å²) in [5, 5.41) is 34.7. The average Bonchev–Trinajstić information content (AvgIpc) is 2.64. The van der Waals surface area contributed by atoms with E-state index in [1.807, 2.05) is 0 Å². The number of aromatic hydroxyl groups is 1. The highest BCUT2D eigenvalue weighted by molar-refractivity contribution is 6.07. The molecule has 2 aromatic carbocycles. The fourth-order valence-electron chi connectivity index (χ4n) is 1.98. The van der Waals surface area contributed by atoms with Gasteiger partial charge in [-0.05, 0) is 18.2 Å². The number of carbonyl (C=O) groups excluding carboxylic acids is 1. The van der Waals surface area contributed by atoms with Crippen molar-refractivity contribution in [2.24, 2.45) is 0 Å². The molecule has 0 heterocycles. The van der Waals surface area contributed by atoms with Gasteiger partial charge in [-0.25, -0.2) is 0 Å². The van der Waals surface area contributed by atoms with Crippen molar-refractivity contribution in [2.45, 2.75) is 0 Å². The molecule has 0 atom stereocenters. The molecule has 1 amide bonds. The lowest BCUT2D eigenvalue weighted by molar-refractivity contribution is -0.384. The van der Waals surface area contributed by atoms with E-state index in [1.165, 1.54) is 37.4 Å². The molecular weight excluding hydrogens is 340 g/mol. The molecule has 0 saturated carbocycles. The Morgan fingerprint density at radius 1 is 1.31 bits per heavy atom. The molecule has 0 bridgehead atoms. The monoisotopic (exact) mass is 354 g/mol. The van der Waals surface area contributed by atoms with E-state index in [2.05, 4.69) is 10.6 Å². The van der Waals surface area contributed by atoms with Crippen LogP contribution in [-0.2, 0) is 4.79 Å². The second kappa shape index (κ2) is 8.16. The van der Waals surface area contributed by atoms with Crippen molar-refractivity contribution in [1.29, 1.82) is 5.26 Å². The maximum absolute atomic E-state index is 12.1. The predicted molar refractivity (Wildman–Crippen MR) is 93.7 cm³/mol. The zero-order chi connectivity index (χ0) is 19.1. The molecule has 0 aliphatic carbocycles. The Hall–Kier alpha value is -4.06. The Bertz CT molecular complexity index is 918. The number of anilines is 2. The number of nitrogens with zero attached hydrogens (tertiary/aromatic N) is 2. The predicted octanol–water partition coefficient (Wildman–Crippen LogP) is 2.77. The Kier molecular flexibility index (Phi) is 5.74. The number of phenolic OH excluding ortho intramolecular Hbond substituents is 1. The number of ether oxygens (including phenoxy) is 1. The molecule has 2 aromatic rings. The quantitative estimate of drug-likeness (QED) is 0.238. The second-order valence-corrected chi connectivity index (χ2v) is 4.93. The number of nitro groups is 1. The number of hydrogen-bond acceptors (Lipinski definition) is 7. The van der Waals surface area contributed by atoms with Crippen molar-refractivity contribution in [2.75, 3.05) is 17.7 Å². The van der Waals surface area contributed by atoms with Gasteiger partial charge in [0, 0.05) is 12.3 Å². The molecule has 0 radical (unpaired) electrons. The standard InChI is InChI=1S/C17H14N4O5/c1-26-16-8-12(21(24)25)6-7-14(16)19-10-11(9-18)17(23)20-13-4-2-3-5-15(13)22/h2-8,10,19,22H,1H3,(H,20,23)/b11-10-. The lowest BCUT2D eigenvalue weighted by Gasteiger charge is -2.09. The maximum atomic E-state index is 12.1. The van der Waals surface area contributed by atoms with E-state index >= 15 is 0 Å². The number of rotatable bonds is 6. The topological polar surface area (TPSA) is 138 Å². The van der Waals surface area contributed by atoms with Crippen molar-refractivity contribution in [3.05, 3.63) is 64.4 Å². The van der Waals surface area contributed by atoms with Gasteiger partial charge in [0.15, 0.2) is 0 Å². The molecule has 0 aliphatic heterocycles. The fraction of sp³-hybridized carbons (Fsp3) is 0.0588. The van der Waals surface area contributed by atoms with Gasteiger partial charge in [-0.3, -0.25) is 14.9 Å². The summed E-state index contributed by atoms with van der Waals surface area (Å²) in [5.74, 6) is -0.695. The first-order chi connectivity index (χ1) is 12.5. The molecular formula is C17H14N4O5. The molecule has 2 rings (SSSR count). The summed E-state index contributed by atoms with van der Waals surface area (Å²) in [5.41, 5.74) is 0.0654. The molecule has 0 unspecified atom stereocenters. The highest BCUT2D eigenvalue weighted by Crippen LogP contribution is 2.29. The van der Waals surface area contributed by atoms with Crippen LogP contribution in [0, 0.1) is 21.4 Å². The van der Waals surface area contributed by atoms with Crippen molar-refractivity contribution in [3.63, 3.8) is 0 Å². The fourth-order valence-corrected chi connectivity index (χ4v) is 1.98. The summed E-state index contributed by atoms with van der Waals surface area (Å²) in [6, 6.07) is 11.7. The normalized spacial score (nSPS) is 10.5. The SMILES string of the molecule is COc1cc([N+](=O)[O-])ccc1N/C=C(/C#N)C(=O)Nc1ccccc1O. The van der Waals surface area contributed by atoms with Crippen LogP contribution in [0.15, 0.2) is 54.2 Å². The van der Waals surface area contributed by atoms with Crippen molar-refractivity contribution >= 4 is 23.0 Å². The van der Waals surface area contributed by atoms with Crippen LogP contribution in [0.1, 0.15) is 0 Å². The van der Waals surface area contributed by atoms with Crippen LogP contribution >= 0.6 is 0 Å². The molecule has 9 heteroatoms. The molecule has 3 N–H and O–H groups in total. The Labute approximate surface area is 148 Å². The molecule has 0 spiro atoms. The number of nitriles is 1. The maximum Gasteiger partial charge on any atom is 0.273 e. The van der Waals surface area contributed by atoms with Crippen LogP contribution in [0.5, 0.6) is 11.5 Å². The van der Waals surface area contributed by atoms with Crippen molar-refractivity contribution < 1.29 is 19.6 Å². The number of nitrogens with one attached hydrogen (secondary N) is 2. The van der Waals surface area contributed by atoms with Gasteiger partial charge in [-0.15, -0.1) is 0 Å². The second-order valence-electron chi connectivity index (χ2n) is 4.93. The smallest absolute Gasteiger partial charge is 0.273 e. The zero-order valence-corrected chi connectivity index (χ0v) is 13.6. The Balaban J connectivity index is 2.19. The summed E-state index contributed by atoms with van der Waals surface area (Å²) < 4.78 is 5.06. The zero-order valence-electron chi connectivity index (χ0n) is 13.6. The first kappa shape index (κ1) is 18.3. The highest BCUT2D eigenvalue weighted by Gasteiger charge is 2.13. The number of phenols is 1. The third-order valence-corrected chi connectivity index (χ3v) is 3.29. The number of non-ortho nitro benzene ring substituents is 1. The number of amides is 1. The average molecular weight is 354 g/mol. The Morgan fingerprint density at radius 2 is 2.04 bits per heavy atom. The summed E-state index contributed by atoms with van der Waals surface area (Å²) in [4.78, 5) is 22.4. The molecule has 0 aliphatic rings. The van der Waals surface area contributed by atoms with Crippen LogP contribution in [0.25, 0.3) is 0 Å². The van der Waals surface area contributed by atoms with Gasteiger partial charge in [0.1, 0.15) is 23.1 Å². The molecule has 26 heavy (non-hydrogen) atoms. The molecule has 0 saturated heterocycles. The van der Waals surface area contributed by atoms with Gasteiger partial charge in [-0.1, -0.05) is 12.1 Å². The third-order valence-electron chi connectivity index (χ3n) is 3.29. The number of para-hydroxylation sites is 2. The van der Waals surface area contributed by atoms with Gasteiger partial charge in [0.2, 0.25) is 0 Å². The van der Waals surface area contributed by atoms with E-state index in [9.17, 15) is 20.0 Å². The lowest BCUT2D eigenvalue weighted by Crippen LogP contribution is -2.14. The van der Waals surface area contributed by atoms with E-state index in [1.54, 1.807) is 18.2 Å². The van der Waals surface area contributed by atoms with E-state index in [0.29, 0.717) is 5.69 Å². The van der Waals surface area contributed by atoms with Crippen molar-refractivity contribution in [1.82, 2.24) is 0 Å². The van der Waals surface area contributed by atoms with Gasteiger partial charge < -0.3 is 20.5 Å². The minimum atomic E-state index is -0.734. The largest absolute Gasteiger partial charge is 0.506 e. The van der Waals surface area contributed by atoms with Crippen molar-refractivity contribution in [3.8, 4) is 17.6 Å². The van der Waals surface area contributed by atoms with E-state index in [4.69, 9.17) is 10.00 Å². The number of benzene rings is 2. The van der Waals surface area contributed by atoms with Crippen LogP contribution in [-0.4, -0.2) is 23.0 Å². The van der Waals surface area contributed by atoms with Crippen LogP contribution in [0.3, 0.4) is 0 Å². The first-order valence-corrected chi connectivity index (χ1v) is 7.25. The summed E-state index contributed by atoms with van der Waals surface area (Å²) in [6.07, 6.45) is 1.14. The minimum absolute atomic E-state index is 0.136. The first-order valence-electron chi connectivity index (χ1n) is 7.25. The summed E-state index contributed by atoms with van der Waals surface area (Å²) in [6.45, 7) is 0. The van der Waals surface area contributed by atoms with Crippen LogP contribution in [0.2, 0.25) is 0 Å². The minimum Gasteiger partial charge on any atom is -0.506 e. The van der Waals surface area contributed by atoms with E-state index < -0.39 is 10.8 Å². The number of nitro benzene ring substituents is 1. The molecule has 0 aromatic heterocycles. The summed E-state index contributed by atoms with van der Waals surface area (Å²) >= 11 is 0. The molecule has 132 valence electrons. The van der Waals surface area contributed by atoms with E-state index in [0.717, 1.165) is 6.20 Å². The summed E-state index contributed by atoms with van der Waals surface area (Å²) in [7, 11) is 1.34. The third kappa shape index (κ3) is 4.27. The Morgan fingerprint density at radius 3 is 2.65 bits per heavy atom. The highest BCUT2D eigenvalue weighted by atomic mass is 16.6. The molecule has 0 fully saturated rings. The number of methoxy groups -OCH3 is 1. The molecule has 9 nitrogen and oxygen atoms in total. The van der Waals surface area contributed by atoms with E-state index in [-0.39, 0.29) is 28.4 Å². The van der Waals surface area contributed by atoms with Gasteiger partial charge in [0.25, 0.3) is 11.6 Å². The number of carbonyl (C=O) groups is 1.